The Labute approximate surface area is 180 Å². The van der Waals surface area contributed by atoms with Crippen LogP contribution in [-0.2, 0) is 29.2 Å². The third-order valence-corrected chi connectivity index (χ3v) is 4.41. The SMILES string of the molecule is CN=C(NCc1cn(C)nc1C(F)(F)F)N1CCC(OCCCOC)CC1.I. The molecule has 1 aromatic heterocycles. The summed E-state index contributed by atoms with van der Waals surface area (Å²) < 4.78 is 51.2. The second kappa shape index (κ2) is 11.8. The smallest absolute Gasteiger partial charge is 0.385 e. The van der Waals surface area contributed by atoms with Crippen LogP contribution in [0.5, 0.6) is 0 Å². The third kappa shape index (κ3) is 7.39. The Morgan fingerprint density at radius 2 is 2.00 bits per heavy atom. The summed E-state index contributed by atoms with van der Waals surface area (Å²) in [4.78, 5) is 6.24. The lowest BCUT2D eigenvalue weighted by Crippen LogP contribution is -2.46. The lowest BCUT2D eigenvalue weighted by Gasteiger charge is -2.34. The summed E-state index contributed by atoms with van der Waals surface area (Å²) in [6, 6.07) is 0. The molecule has 0 aliphatic carbocycles. The Balaban J connectivity index is 0.00000392. The molecule has 1 aliphatic rings. The maximum absolute atomic E-state index is 13.0. The quantitative estimate of drug-likeness (QED) is 0.260. The van der Waals surface area contributed by atoms with Gasteiger partial charge in [0.25, 0.3) is 0 Å². The van der Waals surface area contributed by atoms with E-state index in [0.717, 1.165) is 32.4 Å². The van der Waals surface area contributed by atoms with Gasteiger partial charge in [-0.25, -0.2) is 0 Å². The highest BCUT2D eigenvalue weighted by atomic mass is 127. The van der Waals surface area contributed by atoms with Gasteiger partial charge in [-0.1, -0.05) is 0 Å². The fraction of sp³-hybridized carbons (Fsp3) is 0.765. The minimum absolute atomic E-state index is 0. The topological polar surface area (TPSA) is 63.9 Å². The second-order valence-electron chi connectivity index (χ2n) is 6.48. The fourth-order valence-corrected chi connectivity index (χ4v) is 3.10. The Morgan fingerprint density at radius 3 is 2.57 bits per heavy atom. The third-order valence-electron chi connectivity index (χ3n) is 4.41. The molecule has 0 radical (unpaired) electrons. The molecule has 7 nitrogen and oxygen atoms in total. The van der Waals surface area contributed by atoms with Gasteiger partial charge in [0.15, 0.2) is 11.7 Å². The number of ether oxygens (including phenoxy) is 2. The number of aryl methyl sites for hydroxylation is 1. The number of aromatic nitrogens is 2. The highest BCUT2D eigenvalue weighted by Crippen LogP contribution is 2.30. The lowest BCUT2D eigenvalue weighted by atomic mass is 10.1. The summed E-state index contributed by atoms with van der Waals surface area (Å²) in [6.07, 6.45) is -0.315. The molecule has 1 aliphatic heterocycles. The lowest BCUT2D eigenvalue weighted by molar-refractivity contribution is -0.142. The first-order chi connectivity index (χ1) is 12.8. The van der Waals surface area contributed by atoms with Gasteiger partial charge in [0.2, 0.25) is 0 Å². The predicted octanol–water partition coefficient (Wildman–Crippen LogP) is 2.65. The number of nitrogens with zero attached hydrogens (tertiary/aromatic N) is 4. The standard InChI is InChI=1S/C17H28F3N5O2.HI/c1-21-16(22-11-13-12-24(2)23-15(13)17(18,19)20)25-7-5-14(6-8-25)27-10-4-9-26-3;/h12,14H,4-11H2,1-3H3,(H,21,22);1H. The Kier molecular flexibility index (Phi) is 10.5. The van der Waals surface area contributed by atoms with E-state index in [0.29, 0.717) is 19.2 Å². The molecule has 28 heavy (non-hydrogen) atoms. The maximum atomic E-state index is 13.0. The highest BCUT2D eigenvalue weighted by molar-refractivity contribution is 14.0. The van der Waals surface area contributed by atoms with E-state index in [4.69, 9.17) is 9.47 Å². The molecule has 0 spiro atoms. The van der Waals surface area contributed by atoms with Crippen molar-refractivity contribution in [1.82, 2.24) is 20.0 Å². The van der Waals surface area contributed by atoms with Crippen molar-refractivity contribution in [3.8, 4) is 0 Å². The number of aliphatic imine (C=N–C) groups is 1. The van der Waals surface area contributed by atoms with Crippen LogP contribution in [0.2, 0.25) is 0 Å². The molecule has 2 heterocycles. The number of nitrogens with one attached hydrogen (secondary N) is 1. The molecule has 1 N–H and O–H groups in total. The van der Waals surface area contributed by atoms with Crippen LogP contribution < -0.4 is 5.32 Å². The average molecular weight is 519 g/mol. The van der Waals surface area contributed by atoms with Gasteiger partial charge in [-0.2, -0.15) is 18.3 Å². The van der Waals surface area contributed by atoms with Gasteiger partial charge < -0.3 is 19.7 Å². The molecule has 0 amide bonds. The summed E-state index contributed by atoms with van der Waals surface area (Å²) in [7, 11) is 4.77. The van der Waals surface area contributed by atoms with E-state index in [9.17, 15) is 13.2 Å². The van der Waals surface area contributed by atoms with Crippen molar-refractivity contribution in [3.05, 3.63) is 17.5 Å². The molecule has 1 aromatic rings. The zero-order valence-electron chi connectivity index (χ0n) is 16.5. The number of piperidine rings is 1. The molecule has 0 atom stereocenters. The number of halogens is 4. The van der Waals surface area contributed by atoms with Crippen LogP contribution in [0.3, 0.4) is 0 Å². The van der Waals surface area contributed by atoms with Crippen molar-refractivity contribution in [3.63, 3.8) is 0 Å². The molecule has 1 saturated heterocycles. The van der Waals surface area contributed by atoms with Crippen molar-refractivity contribution in [2.24, 2.45) is 12.0 Å². The van der Waals surface area contributed by atoms with Crippen LogP contribution in [0.15, 0.2) is 11.2 Å². The van der Waals surface area contributed by atoms with Gasteiger partial charge in [-0.15, -0.1) is 24.0 Å². The van der Waals surface area contributed by atoms with Gasteiger partial charge in [-0.05, 0) is 19.3 Å². The van der Waals surface area contributed by atoms with Crippen molar-refractivity contribution >= 4 is 29.9 Å². The monoisotopic (exact) mass is 519 g/mol. The first-order valence-electron chi connectivity index (χ1n) is 9.01. The Hall–Kier alpha value is -1.08. The van der Waals surface area contributed by atoms with E-state index < -0.39 is 11.9 Å². The van der Waals surface area contributed by atoms with E-state index in [1.165, 1.54) is 17.9 Å². The van der Waals surface area contributed by atoms with Crippen LogP contribution in [0.4, 0.5) is 13.2 Å². The first-order valence-corrected chi connectivity index (χ1v) is 9.01. The summed E-state index contributed by atoms with van der Waals surface area (Å²) in [5.41, 5.74) is -0.765. The number of likely N-dealkylation sites (tertiary alicyclic amines) is 1. The summed E-state index contributed by atoms with van der Waals surface area (Å²) in [5.74, 6) is 0.588. The molecule has 0 saturated carbocycles. The molecule has 0 aromatic carbocycles. The van der Waals surface area contributed by atoms with Crippen molar-refractivity contribution < 1.29 is 22.6 Å². The minimum Gasteiger partial charge on any atom is -0.385 e. The number of rotatable bonds is 7. The number of methoxy groups -OCH3 is 1. The van der Waals surface area contributed by atoms with Gasteiger partial charge in [-0.3, -0.25) is 9.67 Å². The van der Waals surface area contributed by atoms with Crippen molar-refractivity contribution in [1.29, 1.82) is 0 Å². The molecular formula is C17H29F3IN5O2. The average Bonchev–Trinajstić information content (AvgIpc) is 3.01. The van der Waals surface area contributed by atoms with Gasteiger partial charge in [0.1, 0.15) is 0 Å². The van der Waals surface area contributed by atoms with E-state index in [1.54, 1.807) is 14.2 Å². The van der Waals surface area contributed by atoms with Gasteiger partial charge >= 0.3 is 6.18 Å². The zero-order valence-corrected chi connectivity index (χ0v) is 18.8. The largest absolute Gasteiger partial charge is 0.435 e. The van der Waals surface area contributed by atoms with Crippen molar-refractivity contribution in [2.45, 2.75) is 38.1 Å². The number of alkyl halides is 3. The Morgan fingerprint density at radius 1 is 1.32 bits per heavy atom. The van der Waals surface area contributed by atoms with Crippen LogP contribution in [0.1, 0.15) is 30.5 Å². The molecule has 1 fully saturated rings. The van der Waals surface area contributed by atoms with E-state index >= 15 is 0 Å². The molecule has 0 unspecified atom stereocenters. The molecule has 2 rings (SSSR count). The minimum atomic E-state index is -4.47. The molecular weight excluding hydrogens is 490 g/mol. The van der Waals surface area contributed by atoms with E-state index in [1.807, 2.05) is 4.90 Å². The fourth-order valence-electron chi connectivity index (χ4n) is 3.10. The Bertz CT molecular complexity index is 616. The predicted molar refractivity (Wildman–Crippen MR) is 111 cm³/mol. The molecule has 162 valence electrons. The zero-order chi connectivity index (χ0) is 19.9. The summed E-state index contributed by atoms with van der Waals surface area (Å²) >= 11 is 0. The number of hydrogen-bond donors (Lipinski definition) is 1. The van der Waals surface area contributed by atoms with Crippen LogP contribution >= 0.6 is 24.0 Å². The van der Waals surface area contributed by atoms with Crippen LogP contribution in [0.25, 0.3) is 0 Å². The van der Waals surface area contributed by atoms with E-state index in [-0.39, 0.29) is 42.2 Å². The normalized spacial score (nSPS) is 16.2. The molecule has 11 heteroatoms. The number of guanidine groups is 1. The first kappa shape index (κ1) is 25.0. The number of hydrogen-bond acceptors (Lipinski definition) is 4. The summed E-state index contributed by atoms with van der Waals surface area (Å²) in [5, 5.41) is 6.54. The van der Waals surface area contributed by atoms with E-state index in [2.05, 4.69) is 15.4 Å². The van der Waals surface area contributed by atoms with Gasteiger partial charge in [0, 0.05) is 65.8 Å². The second-order valence-corrected chi connectivity index (χ2v) is 6.48. The maximum Gasteiger partial charge on any atom is 0.435 e. The molecule has 0 bridgehead atoms. The van der Waals surface area contributed by atoms with Crippen LogP contribution in [0, 0.1) is 0 Å². The summed E-state index contributed by atoms with van der Waals surface area (Å²) in [6.45, 7) is 2.86. The van der Waals surface area contributed by atoms with Crippen molar-refractivity contribution in [2.75, 3.05) is 40.5 Å². The highest BCUT2D eigenvalue weighted by Gasteiger charge is 2.37. The van der Waals surface area contributed by atoms with Crippen LogP contribution in [-0.4, -0.2) is 67.2 Å². The van der Waals surface area contributed by atoms with Gasteiger partial charge in [0.05, 0.1) is 6.10 Å².